The van der Waals surface area contributed by atoms with Gasteiger partial charge in [-0.3, -0.25) is 15.1 Å². The van der Waals surface area contributed by atoms with E-state index in [0.29, 0.717) is 0 Å². The van der Waals surface area contributed by atoms with E-state index in [1.807, 2.05) is 0 Å². The Balaban J connectivity index is 2.04. The van der Waals surface area contributed by atoms with E-state index in [4.69, 9.17) is 19.3 Å². The summed E-state index contributed by atoms with van der Waals surface area (Å²) in [5, 5.41) is 21.4. The summed E-state index contributed by atoms with van der Waals surface area (Å²) in [6.45, 7) is -0.459. The number of allylic oxidation sites excluding steroid dienone is 2. The van der Waals surface area contributed by atoms with Crippen molar-refractivity contribution in [3.8, 4) is 11.5 Å². The van der Waals surface area contributed by atoms with Gasteiger partial charge in [0.2, 0.25) is 0 Å². The molecule has 27 heavy (non-hydrogen) atoms. The molecular weight excluding hydrogens is 362 g/mol. The predicted octanol–water partition coefficient (Wildman–Crippen LogP) is 1.59. The number of carboxylic acids is 1. The maximum Gasteiger partial charge on any atom is 0.426 e. The average Bonchev–Trinajstić information content (AvgIpc) is 2.65. The molecule has 1 aromatic carbocycles. The molecule has 0 aliphatic carbocycles. The number of nitrogens with one attached hydrogen (secondary N) is 1. The highest BCUT2D eigenvalue weighted by atomic mass is 16.6. The number of carbonyl (C=O) groups is 2. The van der Waals surface area contributed by atoms with Crippen molar-refractivity contribution in [3.05, 3.63) is 51.7 Å². The second-order valence-electron chi connectivity index (χ2n) is 5.25. The molecule has 0 saturated heterocycles. The van der Waals surface area contributed by atoms with Gasteiger partial charge in [-0.25, -0.2) is 15.0 Å². The number of hydrazine groups is 1. The maximum absolute atomic E-state index is 11.9. The van der Waals surface area contributed by atoms with Crippen LogP contribution in [0.2, 0.25) is 0 Å². The number of benzene rings is 1. The molecule has 0 radical (unpaired) electrons. The third-order valence-electron chi connectivity index (χ3n) is 3.55. The number of amides is 1. The van der Waals surface area contributed by atoms with Crippen LogP contribution in [0, 0.1) is 10.1 Å². The molecule has 2 rings (SSSR count). The molecule has 0 fully saturated rings. The largest absolute Gasteiger partial charge is 0.493 e. The zero-order valence-corrected chi connectivity index (χ0v) is 14.5. The smallest absolute Gasteiger partial charge is 0.426 e. The van der Waals surface area contributed by atoms with Crippen LogP contribution in [0.5, 0.6) is 11.5 Å². The monoisotopic (exact) mass is 379 g/mol. The number of ether oxygens (including phenoxy) is 3. The van der Waals surface area contributed by atoms with E-state index in [1.165, 1.54) is 49.7 Å². The van der Waals surface area contributed by atoms with Gasteiger partial charge in [0.1, 0.15) is 6.61 Å². The molecule has 0 spiro atoms. The summed E-state index contributed by atoms with van der Waals surface area (Å²) >= 11 is 0. The molecule has 144 valence electrons. The minimum atomic E-state index is -1.11. The molecule has 0 unspecified atom stereocenters. The van der Waals surface area contributed by atoms with Crippen LogP contribution in [0.4, 0.5) is 10.5 Å². The van der Waals surface area contributed by atoms with Crippen LogP contribution in [-0.2, 0) is 16.1 Å². The van der Waals surface area contributed by atoms with Crippen LogP contribution in [-0.4, -0.2) is 47.9 Å². The minimum Gasteiger partial charge on any atom is -0.493 e. The van der Waals surface area contributed by atoms with Crippen molar-refractivity contribution in [1.82, 2.24) is 10.4 Å². The van der Waals surface area contributed by atoms with E-state index in [-0.39, 0.29) is 34.9 Å². The summed E-state index contributed by atoms with van der Waals surface area (Å²) in [6, 6.07) is 2.52. The van der Waals surface area contributed by atoms with E-state index in [2.05, 4.69) is 5.43 Å². The number of nitrogens with zero attached hydrogens (tertiary/aromatic N) is 2. The van der Waals surface area contributed by atoms with Gasteiger partial charge in [0.15, 0.2) is 11.5 Å². The molecule has 1 aliphatic heterocycles. The molecule has 0 bridgehead atoms. The van der Waals surface area contributed by atoms with Gasteiger partial charge >= 0.3 is 12.1 Å². The number of methoxy groups -OCH3 is 2. The molecular formula is C16H17N3O8. The van der Waals surface area contributed by atoms with E-state index in [0.717, 1.165) is 0 Å². The molecule has 1 amide bonds. The summed E-state index contributed by atoms with van der Waals surface area (Å²) in [5.41, 5.74) is 2.21. The maximum atomic E-state index is 11.9. The Labute approximate surface area is 153 Å². The standard InChI is InChI=1S/C16H17N3O8/c1-25-13-6-11(12(19(23)24)7-14(13)26-2)9-27-16(22)17-18-5-3-4-10(8-18)15(20)21/h3-7H,8-9H2,1-2H3,(H,17,22)(H,20,21). The van der Waals surface area contributed by atoms with Crippen molar-refractivity contribution in [2.24, 2.45) is 0 Å². The lowest BCUT2D eigenvalue weighted by Crippen LogP contribution is -2.41. The predicted molar refractivity (Wildman–Crippen MR) is 91.1 cm³/mol. The highest BCUT2D eigenvalue weighted by molar-refractivity contribution is 5.87. The minimum absolute atomic E-state index is 0.0581. The first-order chi connectivity index (χ1) is 12.8. The third kappa shape index (κ3) is 4.87. The molecule has 1 heterocycles. The Morgan fingerprint density at radius 3 is 2.56 bits per heavy atom. The number of hydrogen-bond donors (Lipinski definition) is 2. The van der Waals surface area contributed by atoms with Crippen molar-refractivity contribution in [1.29, 1.82) is 0 Å². The van der Waals surface area contributed by atoms with Gasteiger partial charge < -0.3 is 19.3 Å². The van der Waals surface area contributed by atoms with E-state index >= 15 is 0 Å². The quantitative estimate of drug-likeness (QED) is 0.533. The summed E-state index contributed by atoms with van der Waals surface area (Å²) in [4.78, 5) is 33.5. The molecule has 11 heteroatoms. The second kappa shape index (κ2) is 8.56. The first-order valence-electron chi connectivity index (χ1n) is 7.55. The second-order valence-corrected chi connectivity index (χ2v) is 5.25. The van der Waals surface area contributed by atoms with Crippen molar-refractivity contribution in [2.45, 2.75) is 6.61 Å². The third-order valence-corrected chi connectivity index (χ3v) is 3.55. The van der Waals surface area contributed by atoms with Crippen LogP contribution >= 0.6 is 0 Å². The lowest BCUT2D eigenvalue weighted by Gasteiger charge is -2.23. The van der Waals surface area contributed by atoms with Crippen LogP contribution in [0.15, 0.2) is 36.1 Å². The number of carboxylic acid groups (broad SMARTS) is 1. The normalized spacial score (nSPS) is 12.8. The highest BCUT2D eigenvalue weighted by Gasteiger charge is 2.21. The molecule has 0 atom stereocenters. The van der Waals surface area contributed by atoms with Crippen LogP contribution in [0.1, 0.15) is 5.56 Å². The molecule has 11 nitrogen and oxygen atoms in total. The lowest BCUT2D eigenvalue weighted by atomic mass is 10.1. The fourth-order valence-electron chi connectivity index (χ4n) is 2.26. The SMILES string of the molecule is COc1cc(COC(=O)NN2C=CC=C(C(=O)O)C2)c([N+](=O)[O-])cc1OC. The Kier molecular flexibility index (Phi) is 6.20. The summed E-state index contributed by atoms with van der Waals surface area (Å²) in [6.07, 6.45) is 3.40. The van der Waals surface area contributed by atoms with Gasteiger partial charge in [0.05, 0.1) is 42.9 Å². The molecule has 1 aliphatic rings. The summed E-state index contributed by atoms with van der Waals surface area (Å²) < 4.78 is 15.1. The molecule has 2 N–H and O–H groups in total. The fourth-order valence-corrected chi connectivity index (χ4v) is 2.26. The van der Waals surface area contributed by atoms with Crippen LogP contribution in [0.25, 0.3) is 0 Å². The number of carbonyl (C=O) groups excluding carboxylic acids is 1. The van der Waals surface area contributed by atoms with Crippen molar-refractivity contribution < 1.29 is 33.8 Å². The first-order valence-corrected chi connectivity index (χ1v) is 7.55. The Morgan fingerprint density at radius 2 is 1.96 bits per heavy atom. The number of hydrogen-bond acceptors (Lipinski definition) is 8. The summed E-state index contributed by atoms with van der Waals surface area (Å²) in [5.74, 6) is -0.693. The highest BCUT2D eigenvalue weighted by Crippen LogP contribution is 2.34. The number of nitro groups is 1. The van der Waals surface area contributed by atoms with Crippen molar-refractivity contribution >= 4 is 17.7 Å². The lowest BCUT2D eigenvalue weighted by molar-refractivity contribution is -0.385. The van der Waals surface area contributed by atoms with Crippen LogP contribution in [0.3, 0.4) is 0 Å². The van der Waals surface area contributed by atoms with Crippen LogP contribution < -0.4 is 14.9 Å². The summed E-state index contributed by atoms with van der Waals surface area (Å²) in [7, 11) is 2.72. The topological polar surface area (TPSA) is 140 Å². The molecule has 1 aromatic rings. The van der Waals surface area contributed by atoms with Gasteiger partial charge in [-0.05, 0) is 18.2 Å². The van der Waals surface area contributed by atoms with E-state index in [1.54, 1.807) is 0 Å². The Morgan fingerprint density at radius 1 is 1.30 bits per heavy atom. The van der Waals surface area contributed by atoms with Gasteiger partial charge in [-0.2, -0.15) is 0 Å². The Hall–Kier alpha value is -3.76. The first kappa shape index (κ1) is 19.6. The Bertz CT molecular complexity index is 818. The van der Waals surface area contributed by atoms with Gasteiger partial charge in [-0.15, -0.1) is 0 Å². The zero-order valence-electron chi connectivity index (χ0n) is 14.5. The molecule has 0 aromatic heterocycles. The van der Waals surface area contributed by atoms with E-state index < -0.39 is 23.6 Å². The van der Waals surface area contributed by atoms with Gasteiger partial charge in [0.25, 0.3) is 5.69 Å². The van der Waals surface area contributed by atoms with Crippen molar-refractivity contribution in [3.63, 3.8) is 0 Å². The number of nitro benzene ring substituents is 1. The van der Waals surface area contributed by atoms with Gasteiger partial charge in [0, 0.05) is 6.20 Å². The average molecular weight is 379 g/mol. The van der Waals surface area contributed by atoms with E-state index in [9.17, 15) is 19.7 Å². The van der Waals surface area contributed by atoms with Crippen molar-refractivity contribution in [2.75, 3.05) is 20.8 Å². The zero-order chi connectivity index (χ0) is 20.0. The number of aliphatic carboxylic acids is 1. The molecule has 0 saturated carbocycles. The van der Waals surface area contributed by atoms with Gasteiger partial charge in [-0.1, -0.05) is 0 Å². The fraction of sp³-hybridized carbons (Fsp3) is 0.250. The number of rotatable bonds is 7.